The number of hydrogen-bond donors (Lipinski definition) is 2. The van der Waals surface area contributed by atoms with E-state index in [0.717, 1.165) is 49.5 Å². The highest BCUT2D eigenvalue weighted by Crippen LogP contribution is 2.32. The van der Waals surface area contributed by atoms with Crippen LogP contribution in [0.2, 0.25) is 0 Å². The van der Waals surface area contributed by atoms with Crippen molar-refractivity contribution in [3.05, 3.63) is 53.9 Å². The number of β-amino-alcohol motifs (C(OH)–C–C–N with tert-alkyl or cyclic N) is 1. The third kappa shape index (κ3) is 4.74. The number of rotatable bonds is 7. The molecule has 2 atom stereocenters. The number of ether oxygens (including phenoxy) is 1. The molecule has 0 radical (unpaired) electrons. The van der Waals surface area contributed by atoms with Gasteiger partial charge >= 0.3 is 0 Å². The summed E-state index contributed by atoms with van der Waals surface area (Å²) in [6.45, 7) is 2.98. The molecule has 160 valence electrons. The molecule has 1 saturated heterocycles. The monoisotopic (exact) mass is 410 g/mol. The first kappa shape index (κ1) is 20.6. The smallest absolute Gasteiger partial charge is 0.260 e. The number of aromatic nitrogens is 1. The fourth-order valence-corrected chi connectivity index (χ4v) is 4.22. The minimum absolute atomic E-state index is 0.0272. The van der Waals surface area contributed by atoms with Crippen LogP contribution in [0.25, 0.3) is 0 Å². The second kappa shape index (κ2) is 9.45. The van der Waals surface area contributed by atoms with Crippen LogP contribution in [0.15, 0.2) is 42.6 Å². The van der Waals surface area contributed by atoms with Gasteiger partial charge in [-0.3, -0.25) is 14.7 Å². The van der Waals surface area contributed by atoms with Gasteiger partial charge < -0.3 is 20.1 Å². The minimum Gasteiger partial charge on any atom is -0.482 e. The van der Waals surface area contributed by atoms with Crippen molar-refractivity contribution in [3.63, 3.8) is 0 Å². The van der Waals surface area contributed by atoms with E-state index in [-0.39, 0.29) is 24.7 Å². The normalized spacial score (nSPS) is 19.6. The van der Waals surface area contributed by atoms with Crippen molar-refractivity contribution in [1.82, 2.24) is 14.8 Å². The van der Waals surface area contributed by atoms with Gasteiger partial charge in [-0.25, -0.2) is 0 Å². The van der Waals surface area contributed by atoms with Crippen LogP contribution in [-0.2, 0) is 11.2 Å². The first-order valence-electron chi connectivity index (χ1n) is 10.7. The van der Waals surface area contributed by atoms with Crippen LogP contribution in [0.1, 0.15) is 30.1 Å². The van der Waals surface area contributed by atoms with Crippen LogP contribution >= 0.6 is 0 Å². The van der Waals surface area contributed by atoms with Crippen LogP contribution in [0.5, 0.6) is 5.75 Å². The lowest BCUT2D eigenvalue weighted by Crippen LogP contribution is -2.41. The lowest BCUT2D eigenvalue weighted by Gasteiger charge is -2.31. The molecule has 1 amide bonds. The highest BCUT2D eigenvalue weighted by molar-refractivity contribution is 5.78. The molecule has 1 fully saturated rings. The Kier molecular flexibility index (Phi) is 6.50. The van der Waals surface area contributed by atoms with Gasteiger partial charge in [0.15, 0.2) is 6.61 Å². The number of likely N-dealkylation sites (N-methyl/N-ethyl adjacent to an activating group) is 1. The Bertz CT molecular complexity index is 861. The quantitative estimate of drug-likeness (QED) is 0.728. The van der Waals surface area contributed by atoms with Crippen molar-refractivity contribution in [3.8, 4) is 5.75 Å². The minimum atomic E-state index is -0.296. The van der Waals surface area contributed by atoms with E-state index in [1.807, 2.05) is 30.3 Å². The number of anilines is 1. The number of benzene rings is 1. The number of aliphatic hydroxyl groups excluding tert-OH is 1. The van der Waals surface area contributed by atoms with Gasteiger partial charge in [-0.05, 0) is 43.0 Å². The highest BCUT2D eigenvalue weighted by Gasteiger charge is 2.29. The molecule has 3 heterocycles. The van der Waals surface area contributed by atoms with E-state index in [9.17, 15) is 9.90 Å². The first-order chi connectivity index (χ1) is 14.6. The highest BCUT2D eigenvalue weighted by atomic mass is 16.5. The zero-order valence-electron chi connectivity index (χ0n) is 17.5. The number of pyridine rings is 1. The third-order valence-electron chi connectivity index (χ3n) is 5.96. The molecule has 0 spiro atoms. The molecule has 7 heteroatoms. The SMILES string of the molecule is CN(C(=O)COc1cccc2c1NCCC2)[C@H](CN1CC[C@H](O)C1)c1ccccn1. The van der Waals surface area contributed by atoms with Gasteiger partial charge in [0.05, 0.1) is 23.5 Å². The Morgan fingerprint density at radius 3 is 3.03 bits per heavy atom. The number of nitrogens with one attached hydrogen (secondary N) is 1. The first-order valence-corrected chi connectivity index (χ1v) is 10.7. The van der Waals surface area contributed by atoms with Crippen molar-refractivity contribution < 1.29 is 14.6 Å². The van der Waals surface area contributed by atoms with Gasteiger partial charge in [-0.1, -0.05) is 18.2 Å². The summed E-state index contributed by atoms with van der Waals surface area (Å²) in [7, 11) is 1.80. The molecule has 1 aromatic heterocycles. The van der Waals surface area contributed by atoms with E-state index in [2.05, 4.69) is 21.3 Å². The lowest BCUT2D eigenvalue weighted by molar-refractivity contribution is -0.134. The zero-order valence-corrected chi connectivity index (χ0v) is 17.5. The second-order valence-corrected chi connectivity index (χ2v) is 8.09. The predicted molar refractivity (Wildman–Crippen MR) is 116 cm³/mol. The molecule has 1 aromatic carbocycles. The number of aliphatic hydroxyl groups is 1. The van der Waals surface area contributed by atoms with Crippen molar-refractivity contribution in [2.75, 3.05) is 45.2 Å². The van der Waals surface area contributed by atoms with Gasteiger partial charge in [0.25, 0.3) is 5.91 Å². The lowest BCUT2D eigenvalue weighted by atomic mass is 10.0. The van der Waals surface area contributed by atoms with Crippen LogP contribution in [0.3, 0.4) is 0 Å². The summed E-state index contributed by atoms with van der Waals surface area (Å²) in [6.07, 6.45) is 4.35. The van der Waals surface area contributed by atoms with E-state index in [1.165, 1.54) is 5.56 Å². The summed E-state index contributed by atoms with van der Waals surface area (Å²) >= 11 is 0. The molecule has 0 saturated carbocycles. The summed E-state index contributed by atoms with van der Waals surface area (Å²) in [5, 5.41) is 13.3. The molecular formula is C23H30N4O3. The summed E-state index contributed by atoms with van der Waals surface area (Å²) in [5.41, 5.74) is 3.08. The van der Waals surface area contributed by atoms with E-state index in [1.54, 1.807) is 18.1 Å². The number of aryl methyl sites for hydroxylation is 1. The molecule has 2 aromatic rings. The molecule has 30 heavy (non-hydrogen) atoms. The second-order valence-electron chi connectivity index (χ2n) is 8.09. The van der Waals surface area contributed by atoms with Crippen molar-refractivity contribution >= 4 is 11.6 Å². The standard InChI is InChI=1S/C23H30N4O3/c1-26(20(19-8-2-3-11-24-19)15-27-13-10-18(28)14-27)22(29)16-30-21-9-4-6-17-7-5-12-25-23(17)21/h2-4,6,8-9,11,18,20,25,28H,5,7,10,12-16H2,1H3/t18-,20+/m0/s1. The average molecular weight is 411 g/mol. The van der Waals surface area contributed by atoms with Gasteiger partial charge in [0.1, 0.15) is 5.75 Å². The van der Waals surface area contributed by atoms with Crippen LogP contribution in [-0.4, -0.2) is 71.7 Å². The van der Waals surface area contributed by atoms with Crippen LogP contribution < -0.4 is 10.1 Å². The molecule has 7 nitrogen and oxygen atoms in total. The van der Waals surface area contributed by atoms with Gasteiger partial charge in [-0.2, -0.15) is 0 Å². The molecule has 2 aliphatic heterocycles. The molecule has 4 rings (SSSR count). The Labute approximate surface area is 177 Å². The fraction of sp³-hybridized carbons (Fsp3) is 0.478. The number of carbonyl (C=O) groups excluding carboxylic acids is 1. The molecule has 0 unspecified atom stereocenters. The van der Waals surface area contributed by atoms with Crippen molar-refractivity contribution in [2.24, 2.45) is 0 Å². The molecule has 0 bridgehead atoms. The van der Waals surface area contributed by atoms with Gasteiger partial charge in [-0.15, -0.1) is 0 Å². The average Bonchev–Trinajstić information content (AvgIpc) is 3.20. The number of amides is 1. The maximum atomic E-state index is 13.0. The van der Waals surface area contributed by atoms with Gasteiger partial charge in [0, 0.05) is 39.4 Å². The number of carbonyl (C=O) groups is 1. The summed E-state index contributed by atoms with van der Waals surface area (Å²) < 4.78 is 5.93. The number of nitrogens with zero attached hydrogens (tertiary/aromatic N) is 3. The largest absolute Gasteiger partial charge is 0.482 e. The van der Waals surface area contributed by atoms with Gasteiger partial charge in [0.2, 0.25) is 0 Å². The summed E-state index contributed by atoms with van der Waals surface area (Å²) in [6, 6.07) is 11.5. The summed E-state index contributed by atoms with van der Waals surface area (Å²) in [4.78, 5) is 21.4. The Morgan fingerprint density at radius 2 is 2.27 bits per heavy atom. The molecular weight excluding hydrogens is 380 g/mol. The number of hydrogen-bond acceptors (Lipinski definition) is 6. The maximum absolute atomic E-state index is 13.0. The third-order valence-corrected chi connectivity index (χ3v) is 5.96. The fourth-order valence-electron chi connectivity index (χ4n) is 4.22. The number of fused-ring (bicyclic) bond motifs is 1. The zero-order chi connectivity index (χ0) is 20.9. The number of para-hydroxylation sites is 1. The molecule has 2 N–H and O–H groups in total. The van der Waals surface area contributed by atoms with Crippen molar-refractivity contribution in [2.45, 2.75) is 31.4 Å². The van der Waals surface area contributed by atoms with Crippen LogP contribution in [0, 0.1) is 0 Å². The van der Waals surface area contributed by atoms with E-state index in [4.69, 9.17) is 4.74 Å². The van der Waals surface area contributed by atoms with E-state index < -0.39 is 0 Å². The van der Waals surface area contributed by atoms with E-state index in [0.29, 0.717) is 13.1 Å². The maximum Gasteiger partial charge on any atom is 0.260 e. The predicted octanol–water partition coefficient (Wildman–Crippen LogP) is 2.08. The topological polar surface area (TPSA) is 77.9 Å². The summed E-state index contributed by atoms with van der Waals surface area (Å²) in [5.74, 6) is 0.629. The van der Waals surface area contributed by atoms with Crippen molar-refractivity contribution in [1.29, 1.82) is 0 Å². The number of likely N-dealkylation sites (tertiary alicyclic amines) is 1. The van der Waals surface area contributed by atoms with Crippen LogP contribution in [0.4, 0.5) is 5.69 Å². The molecule has 2 aliphatic rings. The molecule has 0 aliphatic carbocycles. The Balaban J connectivity index is 1.44. The Hall–Kier alpha value is -2.64. The van der Waals surface area contributed by atoms with E-state index >= 15 is 0 Å². The Morgan fingerprint density at radius 1 is 1.37 bits per heavy atom.